The van der Waals surface area contributed by atoms with Crippen molar-refractivity contribution in [3.05, 3.63) is 0 Å². The molecule has 16 heavy (non-hydrogen) atoms. The fraction of sp³-hybridized carbons (Fsp3) is 0.818. The van der Waals surface area contributed by atoms with Crippen LogP contribution in [0.5, 0.6) is 0 Å². The van der Waals surface area contributed by atoms with E-state index in [2.05, 4.69) is 0 Å². The molecule has 0 aliphatic rings. The first-order valence-corrected chi connectivity index (χ1v) is 5.32. The van der Waals surface area contributed by atoms with Gasteiger partial charge in [-0.2, -0.15) is 0 Å². The van der Waals surface area contributed by atoms with Crippen LogP contribution in [0, 0.1) is 0 Å². The van der Waals surface area contributed by atoms with E-state index < -0.39 is 5.60 Å². The lowest BCUT2D eigenvalue weighted by Crippen LogP contribution is -2.27. The zero-order chi connectivity index (χ0) is 12.6. The molecule has 5 nitrogen and oxygen atoms in total. The van der Waals surface area contributed by atoms with E-state index in [-0.39, 0.29) is 18.5 Å². The highest BCUT2D eigenvalue weighted by molar-refractivity contribution is 5.66. The molecule has 5 heteroatoms. The van der Waals surface area contributed by atoms with Crippen LogP contribution in [0.25, 0.3) is 0 Å². The molecule has 0 rings (SSSR count). The van der Waals surface area contributed by atoms with E-state index in [1.54, 1.807) is 6.92 Å². The first-order valence-electron chi connectivity index (χ1n) is 5.32. The van der Waals surface area contributed by atoms with Crippen molar-refractivity contribution in [2.45, 2.75) is 45.6 Å². The minimum Gasteiger partial charge on any atom is -0.466 e. The van der Waals surface area contributed by atoms with Gasteiger partial charge in [0, 0.05) is 20.3 Å². The van der Waals surface area contributed by atoms with Crippen molar-refractivity contribution in [2.75, 3.05) is 13.2 Å². The van der Waals surface area contributed by atoms with Crippen LogP contribution in [-0.2, 0) is 19.1 Å². The van der Waals surface area contributed by atoms with Gasteiger partial charge in [-0.25, -0.2) is 0 Å². The van der Waals surface area contributed by atoms with Gasteiger partial charge in [0.1, 0.15) is 0 Å². The molecule has 0 saturated carbocycles. The van der Waals surface area contributed by atoms with Crippen LogP contribution in [-0.4, -0.2) is 35.9 Å². The molecule has 0 aromatic heterocycles. The van der Waals surface area contributed by atoms with E-state index in [9.17, 15) is 14.7 Å². The average molecular weight is 232 g/mol. The monoisotopic (exact) mass is 232 g/mol. The first kappa shape index (κ1) is 14.9. The van der Waals surface area contributed by atoms with Crippen LogP contribution in [0.3, 0.4) is 0 Å². The van der Waals surface area contributed by atoms with Crippen LogP contribution in [0.1, 0.15) is 40.0 Å². The third-order valence-electron chi connectivity index (χ3n) is 2.11. The Kier molecular flexibility index (Phi) is 6.72. The van der Waals surface area contributed by atoms with Crippen LogP contribution < -0.4 is 0 Å². The number of rotatable bonds is 7. The highest BCUT2D eigenvalue weighted by atomic mass is 16.5. The molecule has 1 N–H and O–H groups in total. The summed E-state index contributed by atoms with van der Waals surface area (Å²) >= 11 is 0. The van der Waals surface area contributed by atoms with Crippen LogP contribution in [0.2, 0.25) is 0 Å². The zero-order valence-electron chi connectivity index (χ0n) is 10.1. The van der Waals surface area contributed by atoms with Crippen molar-refractivity contribution >= 4 is 11.9 Å². The summed E-state index contributed by atoms with van der Waals surface area (Å²) < 4.78 is 9.48. The summed E-state index contributed by atoms with van der Waals surface area (Å²) in [6, 6.07) is 0. The van der Waals surface area contributed by atoms with Crippen molar-refractivity contribution in [3.63, 3.8) is 0 Å². The lowest BCUT2D eigenvalue weighted by Gasteiger charge is -2.22. The molecule has 0 aliphatic heterocycles. The van der Waals surface area contributed by atoms with Gasteiger partial charge >= 0.3 is 11.9 Å². The average Bonchev–Trinajstić information content (AvgIpc) is 2.11. The van der Waals surface area contributed by atoms with Crippen molar-refractivity contribution in [2.24, 2.45) is 0 Å². The summed E-state index contributed by atoms with van der Waals surface area (Å²) in [4.78, 5) is 21.0. The van der Waals surface area contributed by atoms with Crippen molar-refractivity contribution in [3.8, 4) is 0 Å². The molecule has 0 bridgehead atoms. The molecule has 0 aromatic rings. The summed E-state index contributed by atoms with van der Waals surface area (Å²) in [6.45, 7) is 4.85. The van der Waals surface area contributed by atoms with Gasteiger partial charge in [-0.15, -0.1) is 0 Å². The van der Waals surface area contributed by atoms with Gasteiger partial charge in [-0.1, -0.05) is 0 Å². The van der Waals surface area contributed by atoms with E-state index in [0.29, 0.717) is 25.9 Å². The maximum atomic E-state index is 10.5. The number of aliphatic hydroxyl groups is 1. The predicted molar refractivity (Wildman–Crippen MR) is 57.7 cm³/mol. The third-order valence-corrected chi connectivity index (χ3v) is 2.11. The van der Waals surface area contributed by atoms with Crippen molar-refractivity contribution in [1.29, 1.82) is 0 Å². The van der Waals surface area contributed by atoms with E-state index in [0.717, 1.165) is 0 Å². The van der Waals surface area contributed by atoms with E-state index >= 15 is 0 Å². The van der Waals surface area contributed by atoms with E-state index in [4.69, 9.17) is 9.47 Å². The molecule has 0 fully saturated rings. The standard InChI is InChI=1S/C11H20O5/c1-9(12)15-7-4-5-11(3,14)6-8-16-10(2)13/h14H,4-8H2,1-3H3/t11-/m0/s1. The number of ether oxygens (including phenoxy) is 2. The van der Waals surface area contributed by atoms with Gasteiger partial charge in [0.15, 0.2) is 0 Å². The topological polar surface area (TPSA) is 72.8 Å². The molecule has 0 aromatic carbocycles. The molecule has 0 unspecified atom stereocenters. The smallest absolute Gasteiger partial charge is 0.302 e. The third kappa shape index (κ3) is 9.45. The second-order valence-electron chi connectivity index (χ2n) is 4.03. The first-order chi connectivity index (χ1) is 7.33. The van der Waals surface area contributed by atoms with Gasteiger partial charge < -0.3 is 14.6 Å². The van der Waals surface area contributed by atoms with Crippen LogP contribution in [0.15, 0.2) is 0 Å². The summed E-state index contributed by atoms with van der Waals surface area (Å²) in [5.74, 6) is -0.671. The Bertz CT molecular complexity index is 235. The largest absolute Gasteiger partial charge is 0.466 e. The Hall–Kier alpha value is -1.10. The molecule has 1 atom stereocenters. The molecular weight excluding hydrogens is 212 g/mol. The summed E-state index contributed by atoms with van der Waals surface area (Å²) in [7, 11) is 0. The number of carbonyl (C=O) groups is 2. The van der Waals surface area contributed by atoms with Crippen LogP contribution in [0.4, 0.5) is 0 Å². The van der Waals surface area contributed by atoms with Gasteiger partial charge in [0.2, 0.25) is 0 Å². The molecule has 0 heterocycles. The minimum absolute atomic E-state index is 0.204. The molecule has 0 radical (unpaired) electrons. The molecule has 0 aliphatic carbocycles. The maximum Gasteiger partial charge on any atom is 0.302 e. The lowest BCUT2D eigenvalue weighted by molar-refractivity contribution is -0.143. The maximum absolute atomic E-state index is 10.5. The zero-order valence-corrected chi connectivity index (χ0v) is 10.1. The normalized spacial score (nSPS) is 14.0. The number of hydrogen-bond donors (Lipinski definition) is 1. The van der Waals surface area contributed by atoms with Gasteiger partial charge in [0.25, 0.3) is 0 Å². The molecule has 0 amide bonds. The van der Waals surface area contributed by atoms with Crippen molar-refractivity contribution < 1.29 is 24.2 Å². The fourth-order valence-corrected chi connectivity index (χ4v) is 1.21. The highest BCUT2D eigenvalue weighted by Crippen LogP contribution is 2.16. The minimum atomic E-state index is -0.893. The van der Waals surface area contributed by atoms with Gasteiger partial charge in [-0.05, 0) is 19.8 Å². The molecule has 94 valence electrons. The van der Waals surface area contributed by atoms with Crippen molar-refractivity contribution in [1.82, 2.24) is 0 Å². The number of esters is 2. The quantitative estimate of drug-likeness (QED) is 0.524. The second kappa shape index (κ2) is 7.22. The Morgan fingerprint density at radius 2 is 1.56 bits per heavy atom. The Morgan fingerprint density at radius 3 is 2.06 bits per heavy atom. The SMILES string of the molecule is CC(=O)OCCC[C@](C)(O)CCOC(C)=O. The molecule has 0 saturated heterocycles. The van der Waals surface area contributed by atoms with Gasteiger partial charge in [0.05, 0.1) is 18.8 Å². The Morgan fingerprint density at radius 1 is 1.06 bits per heavy atom. The van der Waals surface area contributed by atoms with E-state index in [1.807, 2.05) is 0 Å². The van der Waals surface area contributed by atoms with Gasteiger partial charge in [-0.3, -0.25) is 9.59 Å². The predicted octanol–water partition coefficient (Wildman–Crippen LogP) is 1.03. The summed E-state index contributed by atoms with van der Waals surface area (Å²) in [5, 5.41) is 9.86. The molecule has 0 spiro atoms. The fourth-order valence-electron chi connectivity index (χ4n) is 1.21. The molecular formula is C11H20O5. The van der Waals surface area contributed by atoms with E-state index in [1.165, 1.54) is 13.8 Å². The lowest BCUT2D eigenvalue weighted by atomic mass is 9.97. The highest BCUT2D eigenvalue weighted by Gasteiger charge is 2.20. The number of carbonyl (C=O) groups excluding carboxylic acids is 2. The second-order valence-corrected chi connectivity index (χ2v) is 4.03. The van der Waals surface area contributed by atoms with Crippen LogP contribution >= 0.6 is 0 Å². The Balaban J connectivity index is 3.61. The Labute approximate surface area is 95.7 Å². The summed E-state index contributed by atoms with van der Waals surface area (Å²) in [6.07, 6.45) is 1.47. The summed E-state index contributed by atoms with van der Waals surface area (Å²) in [5.41, 5.74) is -0.893. The number of hydrogen-bond acceptors (Lipinski definition) is 5.